The van der Waals surface area contributed by atoms with Crippen molar-refractivity contribution in [2.24, 2.45) is 0 Å². The quantitative estimate of drug-likeness (QED) is 0.475. The molecule has 1 heterocycles. The fraction of sp³-hybridized carbons (Fsp3) is 0.200. The normalized spacial score (nSPS) is 12.6. The zero-order valence-corrected chi connectivity index (χ0v) is 16.1. The molecule has 0 saturated heterocycles. The molecular weight excluding hydrogens is 469 g/mol. The van der Waals surface area contributed by atoms with Crippen LogP contribution in [0.1, 0.15) is 32.7 Å². The Kier molecular flexibility index (Phi) is 6.18. The van der Waals surface area contributed by atoms with Gasteiger partial charge in [0.15, 0.2) is 5.69 Å². The van der Waals surface area contributed by atoms with Crippen LogP contribution >= 0.6 is 0 Å². The van der Waals surface area contributed by atoms with Crippen molar-refractivity contribution in [3.63, 3.8) is 0 Å². The molecule has 4 nitrogen and oxygen atoms in total. The molecule has 2 aromatic carbocycles. The number of benzene rings is 2. The van der Waals surface area contributed by atoms with E-state index in [9.17, 15) is 44.3 Å². The first kappa shape index (κ1) is 24.1. The smallest absolute Gasteiger partial charge is 0.348 e. The predicted octanol–water partition coefficient (Wildman–Crippen LogP) is 5.86. The molecule has 1 amide bonds. The molecule has 3 aromatic rings. The number of halogens is 9. The van der Waals surface area contributed by atoms with Crippen LogP contribution < -0.4 is 5.32 Å². The van der Waals surface area contributed by atoms with E-state index in [0.29, 0.717) is 18.3 Å². The number of carbonyl (C=O) groups excluding carboxylic acids is 1. The fourth-order valence-corrected chi connectivity index (χ4v) is 2.91. The Bertz CT molecular complexity index is 1140. The zero-order chi connectivity index (χ0) is 24.6. The molecule has 1 aromatic heterocycles. The van der Waals surface area contributed by atoms with E-state index in [2.05, 4.69) is 10.4 Å². The number of hydrogen-bond donors (Lipinski definition) is 1. The second kappa shape index (κ2) is 8.45. The number of alkyl halides is 9. The van der Waals surface area contributed by atoms with E-state index in [0.717, 1.165) is 30.3 Å². The minimum absolute atomic E-state index is 0.0122. The van der Waals surface area contributed by atoms with Crippen LogP contribution in [-0.2, 0) is 25.1 Å². The molecule has 0 aliphatic rings. The second-order valence-electron chi connectivity index (χ2n) is 6.74. The van der Waals surface area contributed by atoms with Gasteiger partial charge in [0, 0.05) is 6.54 Å². The van der Waals surface area contributed by atoms with Crippen molar-refractivity contribution in [3.8, 4) is 5.69 Å². The summed E-state index contributed by atoms with van der Waals surface area (Å²) in [6.45, 7) is -0.508. The molecule has 0 radical (unpaired) electrons. The summed E-state index contributed by atoms with van der Waals surface area (Å²) in [6.07, 6.45) is -13.9. The number of carbonyl (C=O) groups is 1. The van der Waals surface area contributed by atoms with Crippen LogP contribution in [0.15, 0.2) is 54.7 Å². The van der Waals surface area contributed by atoms with Gasteiger partial charge in [0.2, 0.25) is 0 Å². The van der Waals surface area contributed by atoms with Crippen molar-refractivity contribution in [3.05, 3.63) is 82.7 Å². The Morgan fingerprint density at radius 3 is 1.97 bits per heavy atom. The lowest BCUT2D eigenvalue weighted by molar-refractivity contribution is -0.143. The van der Waals surface area contributed by atoms with Gasteiger partial charge in [-0.25, -0.2) is 4.68 Å². The SMILES string of the molecule is O=C(NCc1cccc(C(F)(F)F)c1)c1cnn(-c2ccc(C(F)(F)F)cc2)c1C(F)(F)F. The standard InChI is InChI=1S/C20H12F9N3O/c21-18(22,23)12-4-6-14(7-5-12)32-16(20(27,28)29)15(10-31-32)17(33)30-9-11-2-1-3-13(8-11)19(24,25)26/h1-8,10H,9H2,(H,30,33). The van der Waals surface area contributed by atoms with Crippen LogP contribution in [0.3, 0.4) is 0 Å². The first-order valence-corrected chi connectivity index (χ1v) is 8.95. The summed E-state index contributed by atoms with van der Waals surface area (Å²) in [5.74, 6) is -1.28. The molecule has 0 saturated carbocycles. The van der Waals surface area contributed by atoms with E-state index in [1.54, 1.807) is 0 Å². The van der Waals surface area contributed by atoms with E-state index >= 15 is 0 Å². The van der Waals surface area contributed by atoms with Gasteiger partial charge >= 0.3 is 18.5 Å². The average molecular weight is 481 g/mol. The van der Waals surface area contributed by atoms with Crippen LogP contribution in [-0.4, -0.2) is 15.7 Å². The maximum absolute atomic E-state index is 13.7. The molecule has 33 heavy (non-hydrogen) atoms. The summed E-state index contributed by atoms with van der Waals surface area (Å²) in [7, 11) is 0. The van der Waals surface area contributed by atoms with Crippen LogP contribution in [0.5, 0.6) is 0 Å². The molecule has 0 spiro atoms. The van der Waals surface area contributed by atoms with Crippen LogP contribution in [0.4, 0.5) is 39.5 Å². The monoisotopic (exact) mass is 481 g/mol. The number of rotatable bonds is 4. The Morgan fingerprint density at radius 1 is 0.818 bits per heavy atom. The van der Waals surface area contributed by atoms with Gasteiger partial charge in [-0.15, -0.1) is 0 Å². The van der Waals surface area contributed by atoms with Crippen LogP contribution in [0, 0.1) is 0 Å². The lowest BCUT2D eigenvalue weighted by Crippen LogP contribution is -2.26. The molecule has 0 bridgehead atoms. The second-order valence-corrected chi connectivity index (χ2v) is 6.74. The van der Waals surface area contributed by atoms with Gasteiger partial charge in [0.1, 0.15) is 0 Å². The molecule has 176 valence electrons. The van der Waals surface area contributed by atoms with Gasteiger partial charge in [-0.05, 0) is 42.0 Å². The highest BCUT2D eigenvalue weighted by molar-refractivity contribution is 5.95. The summed E-state index contributed by atoms with van der Waals surface area (Å²) in [4.78, 5) is 12.4. The highest BCUT2D eigenvalue weighted by atomic mass is 19.4. The number of nitrogens with zero attached hydrogens (tertiary/aromatic N) is 2. The maximum Gasteiger partial charge on any atom is 0.434 e. The molecule has 0 aliphatic heterocycles. The largest absolute Gasteiger partial charge is 0.434 e. The van der Waals surface area contributed by atoms with Gasteiger partial charge < -0.3 is 5.32 Å². The highest BCUT2D eigenvalue weighted by Crippen LogP contribution is 2.35. The van der Waals surface area contributed by atoms with Crippen molar-refractivity contribution < 1.29 is 44.3 Å². The number of aromatic nitrogens is 2. The number of amides is 1. The topological polar surface area (TPSA) is 46.9 Å². The molecule has 0 fully saturated rings. The third-order valence-corrected chi connectivity index (χ3v) is 4.43. The molecule has 3 rings (SSSR count). The maximum atomic E-state index is 13.7. The number of nitrogens with one attached hydrogen (secondary N) is 1. The van der Waals surface area contributed by atoms with Crippen LogP contribution in [0.2, 0.25) is 0 Å². The molecular formula is C20H12F9N3O. The van der Waals surface area contributed by atoms with Crippen molar-refractivity contribution >= 4 is 5.91 Å². The van der Waals surface area contributed by atoms with E-state index in [1.807, 2.05) is 0 Å². The first-order valence-electron chi connectivity index (χ1n) is 8.95. The Morgan fingerprint density at radius 2 is 1.42 bits per heavy atom. The van der Waals surface area contributed by atoms with Gasteiger partial charge in [-0.2, -0.15) is 44.6 Å². The number of hydrogen-bond acceptors (Lipinski definition) is 2. The molecule has 13 heteroatoms. The van der Waals surface area contributed by atoms with E-state index < -0.39 is 53.4 Å². The van der Waals surface area contributed by atoms with Crippen molar-refractivity contribution in [2.75, 3.05) is 0 Å². The summed E-state index contributed by atoms with van der Waals surface area (Å²) in [6, 6.07) is 6.48. The summed E-state index contributed by atoms with van der Waals surface area (Å²) < 4.78 is 118. The third kappa shape index (κ3) is 5.46. The minimum atomic E-state index is -5.12. The van der Waals surface area contributed by atoms with Gasteiger partial charge in [0.25, 0.3) is 5.91 Å². The zero-order valence-electron chi connectivity index (χ0n) is 16.1. The summed E-state index contributed by atoms with van der Waals surface area (Å²) in [5.41, 5.74) is -4.99. The fourth-order valence-electron chi connectivity index (χ4n) is 2.91. The Hall–Kier alpha value is -3.51. The van der Waals surface area contributed by atoms with Crippen molar-refractivity contribution in [2.45, 2.75) is 25.1 Å². The van der Waals surface area contributed by atoms with Gasteiger partial charge in [0.05, 0.1) is 28.6 Å². The lowest BCUT2D eigenvalue weighted by atomic mass is 10.1. The summed E-state index contributed by atoms with van der Waals surface area (Å²) >= 11 is 0. The molecule has 0 unspecified atom stereocenters. The Labute approximate surface area is 179 Å². The molecule has 0 aliphatic carbocycles. The predicted molar refractivity (Wildman–Crippen MR) is 96.2 cm³/mol. The van der Waals surface area contributed by atoms with E-state index in [1.165, 1.54) is 6.07 Å². The van der Waals surface area contributed by atoms with Crippen molar-refractivity contribution in [1.29, 1.82) is 0 Å². The summed E-state index contributed by atoms with van der Waals surface area (Å²) in [5, 5.41) is 5.56. The molecule has 1 N–H and O–H groups in total. The minimum Gasteiger partial charge on any atom is -0.348 e. The average Bonchev–Trinajstić information content (AvgIpc) is 3.17. The van der Waals surface area contributed by atoms with Crippen molar-refractivity contribution in [1.82, 2.24) is 15.1 Å². The first-order chi connectivity index (χ1) is 15.2. The highest BCUT2D eigenvalue weighted by Gasteiger charge is 2.41. The third-order valence-electron chi connectivity index (χ3n) is 4.43. The van der Waals surface area contributed by atoms with E-state index in [-0.39, 0.29) is 15.9 Å². The van der Waals surface area contributed by atoms with Crippen LogP contribution in [0.25, 0.3) is 5.69 Å². The van der Waals surface area contributed by atoms with Gasteiger partial charge in [-0.3, -0.25) is 4.79 Å². The van der Waals surface area contributed by atoms with Gasteiger partial charge in [-0.1, -0.05) is 12.1 Å². The molecule has 0 atom stereocenters. The lowest BCUT2D eigenvalue weighted by Gasteiger charge is -2.14. The Balaban J connectivity index is 1.88. The van der Waals surface area contributed by atoms with E-state index in [4.69, 9.17) is 0 Å².